The lowest BCUT2D eigenvalue weighted by Crippen LogP contribution is -2.11. The summed E-state index contributed by atoms with van der Waals surface area (Å²) in [6, 6.07) is 96.9. The summed E-state index contributed by atoms with van der Waals surface area (Å²) in [6.45, 7) is 0. The molecule has 0 spiro atoms. The molecule has 0 saturated carbocycles. The first kappa shape index (κ1) is 38.9. The summed E-state index contributed by atoms with van der Waals surface area (Å²) in [4.78, 5) is 2.40. The Labute approximate surface area is 385 Å². The van der Waals surface area contributed by atoms with Gasteiger partial charge in [0.1, 0.15) is 0 Å². The minimum absolute atomic E-state index is 1.08. The Balaban J connectivity index is 0.936. The lowest BCUT2D eigenvalue weighted by Gasteiger charge is -2.28. The predicted octanol–water partition coefficient (Wildman–Crippen LogP) is 17.7. The first-order valence-electron chi connectivity index (χ1n) is 22.7. The van der Waals surface area contributed by atoms with Gasteiger partial charge in [-0.15, -0.1) is 0 Å². The van der Waals surface area contributed by atoms with Gasteiger partial charge in [0.15, 0.2) is 0 Å². The van der Waals surface area contributed by atoms with Crippen LogP contribution in [0, 0.1) is 0 Å². The largest absolute Gasteiger partial charge is 0.310 e. The van der Waals surface area contributed by atoms with Crippen molar-refractivity contribution in [3.05, 3.63) is 267 Å². The fourth-order valence-corrected chi connectivity index (χ4v) is 9.72. The third-order valence-corrected chi connectivity index (χ3v) is 13.0. The highest BCUT2D eigenvalue weighted by Crippen LogP contribution is 2.43. The molecular formula is C64H44N2. The van der Waals surface area contributed by atoms with Crippen LogP contribution in [0.25, 0.3) is 93.9 Å². The van der Waals surface area contributed by atoms with Crippen LogP contribution in [0.5, 0.6) is 0 Å². The van der Waals surface area contributed by atoms with Gasteiger partial charge < -0.3 is 9.47 Å². The van der Waals surface area contributed by atoms with Crippen molar-refractivity contribution >= 4 is 49.6 Å². The van der Waals surface area contributed by atoms with Gasteiger partial charge in [0.2, 0.25) is 0 Å². The quantitative estimate of drug-likeness (QED) is 0.141. The van der Waals surface area contributed by atoms with Crippen molar-refractivity contribution in [2.75, 3.05) is 4.90 Å². The van der Waals surface area contributed by atoms with Crippen molar-refractivity contribution < 1.29 is 0 Å². The van der Waals surface area contributed by atoms with E-state index in [1.54, 1.807) is 0 Å². The van der Waals surface area contributed by atoms with Gasteiger partial charge in [0, 0.05) is 33.4 Å². The normalized spacial score (nSPS) is 11.3. The van der Waals surface area contributed by atoms with Crippen LogP contribution < -0.4 is 4.90 Å². The van der Waals surface area contributed by atoms with E-state index >= 15 is 0 Å². The molecule has 1 aromatic heterocycles. The smallest absolute Gasteiger partial charge is 0.0541 e. The summed E-state index contributed by atoms with van der Waals surface area (Å²) in [5, 5.41) is 5.02. The SMILES string of the molecule is c1ccc(-c2cccc(-c3ccccc3N(c3ccc(-c4cccc(-c5ccc6ccccc6c5)c4)cc3)c3ccc(-c4cccc(-n5c6ccccc6c6ccccc65)c4)cc3)c2)cc1. The zero-order valence-corrected chi connectivity index (χ0v) is 36.3. The first-order chi connectivity index (χ1) is 32.7. The summed E-state index contributed by atoms with van der Waals surface area (Å²) in [6.07, 6.45) is 0. The van der Waals surface area contributed by atoms with E-state index in [4.69, 9.17) is 0 Å². The number of benzene rings is 11. The number of rotatable bonds is 9. The zero-order valence-electron chi connectivity index (χ0n) is 36.3. The van der Waals surface area contributed by atoms with Gasteiger partial charge >= 0.3 is 0 Å². The number of para-hydroxylation sites is 3. The van der Waals surface area contributed by atoms with Gasteiger partial charge in [0.25, 0.3) is 0 Å². The minimum atomic E-state index is 1.08. The Bertz CT molecular complexity index is 3640. The molecule has 12 aromatic rings. The zero-order chi connectivity index (χ0) is 43.8. The lowest BCUT2D eigenvalue weighted by atomic mass is 9.96. The fourth-order valence-electron chi connectivity index (χ4n) is 9.72. The molecule has 11 aromatic carbocycles. The number of hydrogen-bond acceptors (Lipinski definition) is 1. The number of anilines is 3. The summed E-state index contributed by atoms with van der Waals surface area (Å²) >= 11 is 0. The molecule has 2 heteroatoms. The molecule has 0 radical (unpaired) electrons. The van der Waals surface area contributed by atoms with E-state index < -0.39 is 0 Å². The van der Waals surface area contributed by atoms with Gasteiger partial charge in [-0.1, -0.05) is 194 Å². The van der Waals surface area contributed by atoms with Crippen LogP contribution in [0.3, 0.4) is 0 Å². The highest BCUT2D eigenvalue weighted by Gasteiger charge is 2.19. The number of hydrogen-bond donors (Lipinski definition) is 0. The van der Waals surface area contributed by atoms with Crippen molar-refractivity contribution in [1.82, 2.24) is 4.57 Å². The maximum absolute atomic E-state index is 2.40. The van der Waals surface area contributed by atoms with Crippen LogP contribution in [0.15, 0.2) is 267 Å². The van der Waals surface area contributed by atoms with E-state index in [-0.39, 0.29) is 0 Å². The van der Waals surface area contributed by atoms with Gasteiger partial charge in [-0.25, -0.2) is 0 Å². The second-order valence-corrected chi connectivity index (χ2v) is 17.0. The van der Waals surface area contributed by atoms with E-state index in [0.29, 0.717) is 0 Å². The van der Waals surface area contributed by atoms with Crippen molar-refractivity contribution in [2.45, 2.75) is 0 Å². The Kier molecular flexibility index (Phi) is 9.89. The Morgan fingerprint density at radius 3 is 1.36 bits per heavy atom. The third-order valence-electron chi connectivity index (χ3n) is 13.0. The molecule has 310 valence electrons. The van der Waals surface area contributed by atoms with Crippen LogP contribution in [0.2, 0.25) is 0 Å². The standard InChI is InChI=1S/C64H44N2/c1-2-15-45(16-3-1)51-20-13-23-55(43-51)59-25-6-9-28-62(59)65(56-37-33-47(34-38-56)50-19-12-21-52(41-50)54-32-31-46-17-4-5-18-49(46)42-54)57-39-35-48(36-40-57)53-22-14-24-58(44-53)66-63-29-10-7-26-60(63)61-27-8-11-30-64(61)66/h1-44H. The molecule has 0 saturated heterocycles. The Morgan fingerprint density at radius 2 is 0.697 bits per heavy atom. The lowest BCUT2D eigenvalue weighted by molar-refractivity contribution is 1.18. The third kappa shape index (κ3) is 7.21. The van der Waals surface area contributed by atoms with Crippen LogP contribution >= 0.6 is 0 Å². The average molecular weight is 841 g/mol. The van der Waals surface area contributed by atoms with Crippen molar-refractivity contribution in [3.8, 4) is 61.3 Å². The first-order valence-corrected chi connectivity index (χ1v) is 22.7. The highest BCUT2D eigenvalue weighted by atomic mass is 15.1. The number of nitrogens with zero attached hydrogens (tertiary/aromatic N) is 2. The van der Waals surface area contributed by atoms with E-state index in [2.05, 4.69) is 276 Å². The number of aromatic nitrogens is 1. The second kappa shape index (κ2) is 16.8. The molecule has 0 fully saturated rings. The maximum Gasteiger partial charge on any atom is 0.0541 e. The maximum atomic E-state index is 2.40. The van der Waals surface area contributed by atoms with Crippen molar-refractivity contribution in [1.29, 1.82) is 0 Å². The average Bonchev–Trinajstić information content (AvgIpc) is 3.74. The molecule has 0 atom stereocenters. The van der Waals surface area contributed by atoms with Crippen LogP contribution in [0.4, 0.5) is 17.1 Å². The van der Waals surface area contributed by atoms with E-state index in [0.717, 1.165) is 39.4 Å². The fraction of sp³-hybridized carbons (Fsp3) is 0. The molecule has 0 aliphatic carbocycles. The second-order valence-electron chi connectivity index (χ2n) is 17.0. The highest BCUT2D eigenvalue weighted by molar-refractivity contribution is 6.09. The summed E-state index contributed by atoms with van der Waals surface area (Å²) in [5.41, 5.74) is 18.6. The van der Waals surface area contributed by atoms with Crippen molar-refractivity contribution in [3.63, 3.8) is 0 Å². The molecule has 0 N–H and O–H groups in total. The van der Waals surface area contributed by atoms with Crippen LogP contribution in [-0.2, 0) is 0 Å². The molecule has 1 heterocycles. The molecule has 12 rings (SSSR count). The summed E-state index contributed by atoms with van der Waals surface area (Å²) in [7, 11) is 0. The molecule has 66 heavy (non-hydrogen) atoms. The Hall–Kier alpha value is -8.72. The minimum Gasteiger partial charge on any atom is -0.310 e. The van der Waals surface area contributed by atoms with Gasteiger partial charge in [-0.3, -0.25) is 0 Å². The molecule has 2 nitrogen and oxygen atoms in total. The number of fused-ring (bicyclic) bond motifs is 4. The van der Waals surface area contributed by atoms with Gasteiger partial charge in [0.05, 0.1) is 16.7 Å². The van der Waals surface area contributed by atoms with E-state index in [1.807, 2.05) is 0 Å². The molecule has 0 unspecified atom stereocenters. The summed E-state index contributed by atoms with van der Waals surface area (Å²) < 4.78 is 2.39. The van der Waals surface area contributed by atoms with Crippen LogP contribution in [0.1, 0.15) is 0 Å². The Morgan fingerprint density at radius 1 is 0.258 bits per heavy atom. The molecule has 0 amide bonds. The van der Waals surface area contributed by atoms with Gasteiger partial charge in [-0.2, -0.15) is 0 Å². The molecule has 0 bridgehead atoms. The molecule has 0 aliphatic rings. The van der Waals surface area contributed by atoms with E-state index in [9.17, 15) is 0 Å². The molecular weight excluding hydrogens is 797 g/mol. The summed E-state index contributed by atoms with van der Waals surface area (Å²) in [5.74, 6) is 0. The van der Waals surface area contributed by atoms with Gasteiger partial charge in [-0.05, 0) is 134 Å². The van der Waals surface area contributed by atoms with Crippen molar-refractivity contribution in [2.24, 2.45) is 0 Å². The predicted molar refractivity (Wildman–Crippen MR) is 280 cm³/mol. The topological polar surface area (TPSA) is 8.17 Å². The monoisotopic (exact) mass is 840 g/mol. The van der Waals surface area contributed by atoms with Crippen LogP contribution in [-0.4, -0.2) is 4.57 Å². The molecule has 0 aliphatic heterocycles. The van der Waals surface area contributed by atoms with E-state index in [1.165, 1.54) is 71.5 Å².